The summed E-state index contributed by atoms with van der Waals surface area (Å²) in [6.07, 6.45) is 3.15. The maximum Gasteiger partial charge on any atom is 0.243 e. The third kappa shape index (κ3) is 2.56. The van der Waals surface area contributed by atoms with Gasteiger partial charge in [-0.15, -0.1) is 5.10 Å². The molecule has 0 radical (unpaired) electrons. The summed E-state index contributed by atoms with van der Waals surface area (Å²) in [6.45, 7) is 6.61. The van der Waals surface area contributed by atoms with E-state index in [4.69, 9.17) is 0 Å². The van der Waals surface area contributed by atoms with Gasteiger partial charge in [-0.1, -0.05) is 13.0 Å². The Morgan fingerprint density at radius 3 is 3.00 bits per heavy atom. The second-order valence-electron chi connectivity index (χ2n) is 5.72. The second-order valence-corrected chi connectivity index (χ2v) is 5.72. The smallest absolute Gasteiger partial charge is 0.243 e. The number of hydrogen-bond acceptors (Lipinski definition) is 4. The lowest BCUT2D eigenvalue weighted by molar-refractivity contribution is 0.206. The van der Waals surface area contributed by atoms with Crippen molar-refractivity contribution in [3.05, 3.63) is 23.9 Å². The van der Waals surface area contributed by atoms with Crippen LogP contribution in [0.1, 0.15) is 18.9 Å². The van der Waals surface area contributed by atoms with Crippen LogP contribution in [0.5, 0.6) is 0 Å². The van der Waals surface area contributed by atoms with Gasteiger partial charge in [-0.2, -0.15) is 4.98 Å². The highest BCUT2D eigenvalue weighted by atomic mass is 15.3. The van der Waals surface area contributed by atoms with Gasteiger partial charge >= 0.3 is 0 Å². The number of aromatic nitrogens is 3. The minimum absolute atomic E-state index is 0.467. The van der Waals surface area contributed by atoms with Gasteiger partial charge in [0.05, 0.1) is 0 Å². The molecule has 2 unspecified atom stereocenters. The normalized spacial score (nSPS) is 24.8. The molecule has 0 bridgehead atoms. The van der Waals surface area contributed by atoms with Crippen molar-refractivity contribution in [3.8, 4) is 0 Å². The zero-order chi connectivity index (χ0) is 13.4. The molecule has 1 aliphatic heterocycles. The topological polar surface area (TPSA) is 45.5 Å². The third-order valence-corrected chi connectivity index (χ3v) is 3.90. The van der Waals surface area contributed by atoms with Crippen LogP contribution in [0, 0.1) is 12.8 Å². The Balaban J connectivity index is 1.77. The van der Waals surface area contributed by atoms with Crippen molar-refractivity contribution in [1.29, 1.82) is 0 Å². The fourth-order valence-corrected chi connectivity index (χ4v) is 2.78. The van der Waals surface area contributed by atoms with Gasteiger partial charge in [-0.3, -0.25) is 0 Å². The first kappa shape index (κ1) is 12.4. The van der Waals surface area contributed by atoms with Gasteiger partial charge in [0, 0.05) is 18.8 Å². The van der Waals surface area contributed by atoms with Gasteiger partial charge in [0.25, 0.3) is 0 Å². The van der Waals surface area contributed by atoms with Gasteiger partial charge in [0.1, 0.15) is 0 Å². The Morgan fingerprint density at radius 2 is 2.21 bits per heavy atom. The van der Waals surface area contributed by atoms with Crippen molar-refractivity contribution in [3.63, 3.8) is 0 Å². The molecule has 2 aromatic rings. The summed E-state index contributed by atoms with van der Waals surface area (Å²) in [5.74, 6) is 1.36. The highest BCUT2D eigenvalue weighted by molar-refractivity contribution is 5.44. The maximum absolute atomic E-state index is 4.53. The average Bonchev–Trinajstić information content (AvgIpc) is 2.74. The maximum atomic E-state index is 4.53. The molecule has 0 saturated carbocycles. The van der Waals surface area contributed by atoms with Gasteiger partial charge in [0.15, 0.2) is 5.65 Å². The predicted molar refractivity (Wildman–Crippen MR) is 76.4 cm³/mol. The van der Waals surface area contributed by atoms with Crippen LogP contribution in [0.25, 0.3) is 5.65 Å². The SMILES string of the molecule is Cc1ccc2nc(NC3CCN(C)CC3C)nn2c1. The summed E-state index contributed by atoms with van der Waals surface area (Å²) in [4.78, 5) is 6.91. The minimum Gasteiger partial charge on any atom is -0.350 e. The van der Waals surface area contributed by atoms with Crippen LogP contribution in [-0.4, -0.2) is 45.7 Å². The first-order valence-corrected chi connectivity index (χ1v) is 6.90. The molecule has 1 fully saturated rings. The van der Waals surface area contributed by atoms with Crippen molar-refractivity contribution < 1.29 is 0 Å². The number of rotatable bonds is 2. The fourth-order valence-electron chi connectivity index (χ4n) is 2.78. The Hall–Kier alpha value is -1.62. The van der Waals surface area contributed by atoms with Gasteiger partial charge in [-0.05, 0) is 44.5 Å². The van der Waals surface area contributed by atoms with Crippen molar-refractivity contribution >= 4 is 11.6 Å². The molecule has 3 heterocycles. The van der Waals surface area contributed by atoms with Crippen LogP contribution in [0.4, 0.5) is 5.95 Å². The lowest BCUT2D eigenvalue weighted by Crippen LogP contribution is -2.43. The molecule has 1 aliphatic rings. The van der Waals surface area contributed by atoms with Crippen LogP contribution < -0.4 is 5.32 Å². The molecular formula is C14H21N5. The third-order valence-electron chi connectivity index (χ3n) is 3.90. The van der Waals surface area contributed by atoms with E-state index in [-0.39, 0.29) is 0 Å². The van der Waals surface area contributed by atoms with E-state index < -0.39 is 0 Å². The Morgan fingerprint density at radius 1 is 1.37 bits per heavy atom. The molecule has 0 spiro atoms. The van der Waals surface area contributed by atoms with Crippen LogP contribution >= 0.6 is 0 Å². The summed E-state index contributed by atoms with van der Waals surface area (Å²) in [5, 5.41) is 7.99. The number of anilines is 1. The molecule has 1 N–H and O–H groups in total. The lowest BCUT2D eigenvalue weighted by atomic mass is 9.94. The number of piperidine rings is 1. The van der Waals surface area contributed by atoms with E-state index in [1.807, 2.05) is 16.8 Å². The molecule has 0 aliphatic carbocycles. The highest BCUT2D eigenvalue weighted by Crippen LogP contribution is 2.19. The van der Waals surface area contributed by atoms with E-state index in [1.54, 1.807) is 0 Å². The van der Waals surface area contributed by atoms with Crippen LogP contribution in [-0.2, 0) is 0 Å². The van der Waals surface area contributed by atoms with Gasteiger partial charge in [-0.25, -0.2) is 4.52 Å². The molecule has 19 heavy (non-hydrogen) atoms. The summed E-state index contributed by atoms with van der Waals surface area (Å²) >= 11 is 0. The molecule has 5 heteroatoms. The summed E-state index contributed by atoms with van der Waals surface area (Å²) in [5.41, 5.74) is 2.09. The molecule has 5 nitrogen and oxygen atoms in total. The number of pyridine rings is 1. The summed E-state index contributed by atoms with van der Waals surface area (Å²) < 4.78 is 1.84. The van der Waals surface area contributed by atoms with Crippen LogP contribution in [0.2, 0.25) is 0 Å². The first-order valence-electron chi connectivity index (χ1n) is 6.90. The number of aryl methyl sites for hydroxylation is 1. The zero-order valence-electron chi connectivity index (χ0n) is 11.8. The van der Waals surface area contributed by atoms with E-state index in [9.17, 15) is 0 Å². The van der Waals surface area contributed by atoms with Crippen molar-refractivity contribution in [2.45, 2.75) is 26.3 Å². The zero-order valence-corrected chi connectivity index (χ0v) is 11.8. The number of hydrogen-bond donors (Lipinski definition) is 1. The van der Waals surface area contributed by atoms with Crippen molar-refractivity contribution in [1.82, 2.24) is 19.5 Å². The Kier molecular flexibility index (Phi) is 3.14. The molecule has 1 saturated heterocycles. The number of nitrogens with zero attached hydrogens (tertiary/aromatic N) is 4. The quantitative estimate of drug-likeness (QED) is 0.893. The van der Waals surface area contributed by atoms with E-state index >= 15 is 0 Å². The largest absolute Gasteiger partial charge is 0.350 e. The van der Waals surface area contributed by atoms with Gasteiger partial charge in [0.2, 0.25) is 5.95 Å². The van der Waals surface area contributed by atoms with Crippen LogP contribution in [0.15, 0.2) is 18.3 Å². The Bertz CT molecular complexity index is 576. The van der Waals surface area contributed by atoms with E-state index in [0.29, 0.717) is 12.0 Å². The van der Waals surface area contributed by atoms with E-state index in [2.05, 4.69) is 47.3 Å². The first-order chi connectivity index (χ1) is 9.11. The van der Waals surface area contributed by atoms with Crippen molar-refractivity contribution in [2.24, 2.45) is 5.92 Å². The monoisotopic (exact) mass is 259 g/mol. The number of nitrogens with one attached hydrogen (secondary N) is 1. The molecule has 102 valence electrons. The average molecular weight is 259 g/mol. The van der Waals surface area contributed by atoms with E-state index in [0.717, 1.165) is 31.1 Å². The highest BCUT2D eigenvalue weighted by Gasteiger charge is 2.24. The molecule has 2 aromatic heterocycles. The second kappa shape index (κ2) is 4.81. The number of likely N-dealkylation sites (tertiary alicyclic amines) is 1. The summed E-state index contributed by atoms with van der Waals surface area (Å²) in [6, 6.07) is 4.53. The molecular weight excluding hydrogens is 238 g/mol. The minimum atomic E-state index is 0.467. The lowest BCUT2D eigenvalue weighted by Gasteiger charge is -2.34. The molecule has 0 amide bonds. The molecule has 0 aromatic carbocycles. The van der Waals surface area contributed by atoms with E-state index in [1.165, 1.54) is 5.56 Å². The summed E-state index contributed by atoms with van der Waals surface area (Å²) in [7, 11) is 2.18. The van der Waals surface area contributed by atoms with Gasteiger partial charge < -0.3 is 10.2 Å². The number of fused-ring (bicyclic) bond motifs is 1. The standard InChI is InChI=1S/C14H21N5/c1-10-4-5-13-16-14(17-19(13)8-10)15-12-6-7-18(3)9-11(12)2/h4-5,8,11-12H,6-7,9H2,1-3H3,(H,15,17). The van der Waals surface area contributed by atoms with Crippen molar-refractivity contribution in [2.75, 3.05) is 25.5 Å². The Labute approximate surface area is 113 Å². The fraction of sp³-hybridized carbons (Fsp3) is 0.571. The molecule has 3 rings (SSSR count). The predicted octanol–water partition coefficient (Wildman–Crippen LogP) is 1.79. The van der Waals surface area contributed by atoms with Crippen LogP contribution in [0.3, 0.4) is 0 Å². The molecule has 2 atom stereocenters.